The van der Waals surface area contributed by atoms with E-state index in [-0.39, 0.29) is 42.7 Å². The molecule has 0 saturated carbocycles. The van der Waals surface area contributed by atoms with E-state index in [1.54, 1.807) is 14.2 Å². The predicted octanol–water partition coefficient (Wildman–Crippen LogP) is 1.27. The molecule has 0 heterocycles. The number of ether oxygens (including phenoxy) is 2. The van der Waals surface area contributed by atoms with E-state index in [9.17, 15) is 9.59 Å². The van der Waals surface area contributed by atoms with E-state index in [1.807, 2.05) is 39.0 Å². The van der Waals surface area contributed by atoms with Crippen molar-refractivity contribution in [3.63, 3.8) is 0 Å². The normalized spacial score (nSPS) is 12.6. The van der Waals surface area contributed by atoms with Gasteiger partial charge in [0.05, 0.1) is 26.8 Å². The minimum atomic E-state index is -0.614. The highest BCUT2D eigenvalue weighted by molar-refractivity contribution is 5.87. The molecular formula is C18H30ClN3O4. The minimum Gasteiger partial charge on any atom is -0.493 e. The lowest BCUT2D eigenvalue weighted by atomic mass is 10.1. The summed E-state index contributed by atoms with van der Waals surface area (Å²) in [6, 6.07) is 4.92. The summed E-state index contributed by atoms with van der Waals surface area (Å²) in [6.45, 7) is 5.52. The van der Waals surface area contributed by atoms with E-state index >= 15 is 0 Å². The quantitative estimate of drug-likeness (QED) is 0.592. The molecule has 1 aromatic carbocycles. The van der Waals surface area contributed by atoms with Gasteiger partial charge in [-0.25, -0.2) is 0 Å². The molecule has 1 rings (SSSR count). The van der Waals surface area contributed by atoms with Gasteiger partial charge >= 0.3 is 0 Å². The Morgan fingerprint density at radius 3 is 2.27 bits per heavy atom. The number of rotatable bonds is 9. The monoisotopic (exact) mass is 387 g/mol. The number of halogens is 1. The van der Waals surface area contributed by atoms with Crippen molar-refractivity contribution in [3.05, 3.63) is 23.8 Å². The van der Waals surface area contributed by atoms with Crippen molar-refractivity contribution in [2.24, 2.45) is 11.7 Å². The Labute approximate surface area is 161 Å². The minimum absolute atomic E-state index is 0. The number of amides is 2. The zero-order valence-corrected chi connectivity index (χ0v) is 16.8. The number of benzene rings is 1. The Morgan fingerprint density at radius 2 is 1.73 bits per heavy atom. The zero-order chi connectivity index (χ0) is 19.0. The first-order valence-corrected chi connectivity index (χ1v) is 8.32. The molecule has 1 unspecified atom stereocenters. The molecule has 0 aliphatic heterocycles. The summed E-state index contributed by atoms with van der Waals surface area (Å²) in [4.78, 5) is 23.7. The number of nitrogens with one attached hydrogen (secondary N) is 2. The third-order valence-electron chi connectivity index (χ3n) is 3.84. The van der Waals surface area contributed by atoms with Crippen molar-refractivity contribution in [1.82, 2.24) is 10.6 Å². The van der Waals surface area contributed by atoms with Gasteiger partial charge in [-0.1, -0.05) is 19.9 Å². The maximum atomic E-state index is 12.0. The van der Waals surface area contributed by atoms with Gasteiger partial charge in [-0.05, 0) is 37.0 Å². The van der Waals surface area contributed by atoms with Crippen LogP contribution in [0.3, 0.4) is 0 Å². The molecule has 0 fully saturated rings. The molecule has 2 atom stereocenters. The SMILES string of the molecule is COc1ccc(CC(C)NC(=O)CNC(=O)[C@@H](N)C(C)C)cc1OC.Cl. The summed E-state index contributed by atoms with van der Waals surface area (Å²) in [5.74, 6) is 0.752. The number of hydrogen-bond acceptors (Lipinski definition) is 5. The lowest BCUT2D eigenvalue weighted by Crippen LogP contribution is -2.48. The third-order valence-corrected chi connectivity index (χ3v) is 3.84. The molecule has 0 radical (unpaired) electrons. The van der Waals surface area contributed by atoms with E-state index in [4.69, 9.17) is 15.2 Å². The van der Waals surface area contributed by atoms with Gasteiger partial charge in [0.1, 0.15) is 0 Å². The smallest absolute Gasteiger partial charge is 0.239 e. The lowest BCUT2D eigenvalue weighted by Gasteiger charge is -2.17. The molecular weight excluding hydrogens is 358 g/mol. The fourth-order valence-corrected chi connectivity index (χ4v) is 2.33. The molecule has 7 nitrogen and oxygen atoms in total. The van der Waals surface area contributed by atoms with Crippen molar-refractivity contribution in [2.75, 3.05) is 20.8 Å². The molecule has 0 spiro atoms. The Bertz CT molecular complexity index is 596. The summed E-state index contributed by atoms with van der Waals surface area (Å²) in [6.07, 6.45) is 0.631. The number of methoxy groups -OCH3 is 2. The summed E-state index contributed by atoms with van der Waals surface area (Å²) >= 11 is 0. The second-order valence-corrected chi connectivity index (χ2v) is 6.35. The van der Waals surface area contributed by atoms with Gasteiger partial charge in [-0.3, -0.25) is 9.59 Å². The standard InChI is InChI=1S/C18H29N3O4.ClH/c1-11(2)17(19)18(23)20-10-16(22)21-12(3)8-13-6-7-14(24-4)15(9-13)25-5;/h6-7,9,11-12,17H,8,10,19H2,1-5H3,(H,20,23)(H,21,22);1H/t12?,17-;/m0./s1. The first-order valence-electron chi connectivity index (χ1n) is 8.32. The average Bonchev–Trinajstić information content (AvgIpc) is 2.58. The number of hydrogen-bond donors (Lipinski definition) is 3. The highest BCUT2D eigenvalue weighted by Crippen LogP contribution is 2.27. The van der Waals surface area contributed by atoms with Crippen molar-refractivity contribution in [2.45, 2.75) is 39.3 Å². The van der Waals surface area contributed by atoms with Crippen LogP contribution in [0.25, 0.3) is 0 Å². The summed E-state index contributed by atoms with van der Waals surface area (Å²) in [5, 5.41) is 5.40. The maximum Gasteiger partial charge on any atom is 0.239 e. The largest absolute Gasteiger partial charge is 0.493 e. The second kappa shape index (κ2) is 11.6. The molecule has 1 aromatic rings. The molecule has 0 aliphatic carbocycles. The number of carbonyl (C=O) groups is 2. The first kappa shape index (κ1) is 24.0. The van der Waals surface area contributed by atoms with Crippen LogP contribution in [0.2, 0.25) is 0 Å². The van der Waals surface area contributed by atoms with Gasteiger partial charge in [-0.15, -0.1) is 12.4 Å². The van der Waals surface area contributed by atoms with E-state index in [2.05, 4.69) is 10.6 Å². The molecule has 148 valence electrons. The van der Waals surface area contributed by atoms with Gasteiger partial charge in [0.25, 0.3) is 0 Å². The van der Waals surface area contributed by atoms with Gasteiger partial charge in [0, 0.05) is 6.04 Å². The number of carbonyl (C=O) groups excluding carboxylic acids is 2. The maximum absolute atomic E-state index is 12.0. The van der Waals surface area contributed by atoms with Crippen LogP contribution in [0.15, 0.2) is 18.2 Å². The van der Waals surface area contributed by atoms with Crippen LogP contribution >= 0.6 is 12.4 Å². The Morgan fingerprint density at radius 1 is 1.12 bits per heavy atom. The van der Waals surface area contributed by atoms with Gasteiger partial charge < -0.3 is 25.8 Å². The molecule has 0 bridgehead atoms. The van der Waals surface area contributed by atoms with Crippen molar-refractivity contribution in [3.8, 4) is 11.5 Å². The fraction of sp³-hybridized carbons (Fsp3) is 0.556. The molecule has 0 aromatic heterocycles. The van der Waals surface area contributed by atoms with Crippen LogP contribution in [0.5, 0.6) is 11.5 Å². The average molecular weight is 388 g/mol. The van der Waals surface area contributed by atoms with Crippen molar-refractivity contribution >= 4 is 24.2 Å². The molecule has 2 amide bonds. The Kier molecular flexibility index (Phi) is 10.7. The van der Waals surface area contributed by atoms with Crippen LogP contribution in [-0.2, 0) is 16.0 Å². The Hall–Kier alpha value is -1.99. The van der Waals surface area contributed by atoms with Gasteiger partial charge in [-0.2, -0.15) is 0 Å². The van der Waals surface area contributed by atoms with Gasteiger partial charge in [0.2, 0.25) is 11.8 Å². The predicted molar refractivity (Wildman–Crippen MR) is 104 cm³/mol. The summed E-state index contributed by atoms with van der Waals surface area (Å²) in [5.41, 5.74) is 6.75. The van der Waals surface area contributed by atoms with Crippen LogP contribution in [0, 0.1) is 5.92 Å². The molecule has 8 heteroatoms. The lowest BCUT2D eigenvalue weighted by molar-refractivity contribution is -0.127. The van der Waals surface area contributed by atoms with Crippen molar-refractivity contribution < 1.29 is 19.1 Å². The van der Waals surface area contributed by atoms with Crippen LogP contribution in [-0.4, -0.2) is 44.7 Å². The Balaban J connectivity index is 0.00000625. The van der Waals surface area contributed by atoms with Crippen molar-refractivity contribution in [1.29, 1.82) is 0 Å². The summed E-state index contributed by atoms with van der Waals surface area (Å²) in [7, 11) is 3.16. The van der Waals surface area contributed by atoms with Crippen LogP contribution < -0.4 is 25.8 Å². The second-order valence-electron chi connectivity index (χ2n) is 6.35. The number of nitrogens with two attached hydrogens (primary N) is 1. The van der Waals surface area contributed by atoms with Gasteiger partial charge in [0.15, 0.2) is 11.5 Å². The zero-order valence-electron chi connectivity index (χ0n) is 16.0. The molecule has 0 saturated heterocycles. The van der Waals surface area contributed by atoms with E-state index in [0.29, 0.717) is 17.9 Å². The van der Waals surface area contributed by atoms with E-state index in [0.717, 1.165) is 5.56 Å². The van der Waals surface area contributed by atoms with Crippen LogP contribution in [0.1, 0.15) is 26.3 Å². The highest BCUT2D eigenvalue weighted by atomic mass is 35.5. The first-order chi connectivity index (χ1) is 11.8. The highest BCUT2D eigenvalue weighted by Gasteiger charge is 2.18. The van der Waals surface area contributed by atoms with Crippen LogP contribution in [0.4, 0.5) is 0 Å². The molecule has 0 aliphatic rings. The fourth-order valence-electron chi connectivity index (χ4n) is 2.33. The topological polar surface area (TPSA) is 103 Å². The molecule has 4 N–H and O–H groups in total. The third kappa shape index (κ3) is 7.49. The van der Waals surface area contributed by atoms with E-state index < -0.39 is 6.04 Å². The molecule has 26 heavy (non-hydrogen) atoms. The van der Waals surface area contributed by atoms with E-state index in [1.165, 1.54) is 0 Å². The summed E-state index contributed by atoms with van der Waals surface area (Å²) < 4.78 is 10.5.